The molecule has 5 nitrogen and oxygen atoms in total. The molecule has 0 aliphatic heterocycles. The quantitative estimate of drug-likeness (QED) is 0.733. The first-order valence-corrected chi connectivity index (χ1v) is 6.92. The molecule has 0 saturated heterocycles. The van der Waals surface area contributed by atoms with Gasteiger partial charge in [0.2, 0.25) is 5.91 Å². The zero-order chi connectivity index (χ0) is 15.3. The van der Waals surface area contributed by atoms with Crippen molar-refractivity contribution < 1.29 is 4.79 Å². The molecule has 1 amide bonds. The fourth-order valence-electron chi connectivity index (χ4n) is 2.33. The molecule has 1 rings (SSSR count). The molecule has 0 heterocycles. The predicted octanol–water partition coefficient (Wildman–Crippen LogP) is 1.14. The van der Waals surface area contributed by atoms with Gasteiger partial charge in [-0.15, -0.1) is 0 Å². The van der Waals surface area contributed by atoms with E-state index in [1.165, 1.54) is 0 Å². The van der Waals surface area contributed by atoms with Crippen LogP contribution in [0.5, 0.6) is 0 Å². The smallest absolute Gasteiger partial charge is 0.248 e. The number of benzene rings is 1. The first-order valence-electron chi connectivity index (χ1n) is 6.92. The van der Waals surface area contributed by atoms with Gasteiger partial charge in [0.15, 0.2) is 0 Å². The van der Waals surface area contributed by atoms with Gasteiger partial charge in [-0.2, -0.15) is 0 Å². The van der Waals surface area contributed by atoms with E-state index in [1.807, 2.05) is 6.07 Å². The average molecular weight is 278 g/mol. The normalized spacial score (nSPS) is 12.9. The van der Waals surface area contributed by atoms with E-state index < -0.39 is 5.91 Å². The summed E-state index contributed by atoms with van der Waals surface area (Å²) in [6.45, 7) is 7.06. The van der Waals surface area contributed by atoms with Crippen molar-refractivity contribution in [2.24, 2.45) is 5.73 Å². The Hall–Kier alpha value is -1.59. The van der Waals surface area contributed by atoms with E-state index in [4.69, 9.17) is 11.5 Å². The van der Waals surface area contributed by atoms with Crippen LogP contribution in [0.15, 0.2) is 18.2 Å². The number of carbonyl (C=O) groups is 1. The molecule has 0 radical (unpaired) electrons. The highest BCUT2D eigenvalue weighted by molar-refractivity contribution is 5.93. The molecule has 0 aliphatic carbocycles. The van der Waals surface area contributed by atoms with Crippen LogP contribution in [0.1, 0.15) is 29.8 Å². The van der Waals surface area contributed by atoms with E-state index in [2.05, 4.69) is 37.7 Å². The van der Waals surface area contributed by atoms with E-state index in [9.17, 15) is 4.79 Å². The van der Waals surface area contributed by atoms with Crippen molar-refractivity contribution in [2.45, 2.75) is 26.4 Å². The number of amides is 1. The fourth-order valence-corrected chi connectivity index (χ4v) is 2.33. The molecule has 1 atom stereocenters. The number of carbonyl (C=O) groups excluding carboxylic acids is 1. The number of hydrogen-bond acceptors (Lipinski definition) is 4. The van der Waals surface area contributed by atoms with Crippen LogP contribution in [0.2, 0.25) is 0 Å². The molecule has 1 unspecified atom stereocenters. The van der Waals surface area contributed by atoms with Crippen molar-refractivity contribution in [1.82, 2.24) is 9.80 Å². The molecule has 0 aromatic heterocycles. The van der Waals surface area contributed by atoms with Crippen LogP contribution >= 0.6 is 0 Å². The highest BCUT2D eigenvalue weighted by atomic mass is 16.1. The van der Waals surface area contributed by atoms with Crippen LogP contribution in [0, 0.1) is 0 Å². The Kier molecular flexibility index (Phi) is 5.98. The third-order valence-corrected chi connectivity index (χ3v) is 3.46. The molecule has 0 bridgehead atoms. The molecule has 1 aromatic rings. The summed E-state index contributed by atoms with van der Waals surface area (Å²) < 4.78 is 0. The minimum atomic E-state index is -0.448. The summed E-state index contributed by atoms with van der Waals surface area (Å²) in [5, 5.41) is 0. The zero-order valence-electron chi connectivity index (χ0n) is 12.9. The molecule has 1 aromatic carbocycles. The van der Waals surface area contributed by atoms with Crippen LogP contribution in [0.25, 0.3) is 0 Å². The second-order valence-electron chi connectivity index (χ2n) is 5.45. The first-order chi connectivity index (χ1) is 9.35. The van der Waals surface area contributed by atoms with Crippen LogP contribution < -0.4 is 11.5 Å². The van der Waals surface area contributed by atoms with Crippen molar-refractivity contribution in [3.05, 3.63) is 29.3 Å². The summed E-state index contributed by atoms with van der Waals surface area (Å²) in [4.78, 5) is 15.7. The topological polar surface area (TPSA) is 75.6 Å². The first kappa shape index (κ1) is 16.5. The lowest BCUT2D eigenvalue weighted by Crippen LogP contribution is -2.39. The van der Waals surface area contributed by atoms with Crippen molar-refractivity contribution in [1.29, 1.82) is 0 Å². The lowest BCUT2D eigenvalue weighted by atomic mass is 10.1. The van der Waals surface area contributed by atoms with Gasteiger partial charge in [-0.3, -0.25) is 9.69 Å². The maximum atomic E-state index is 11.1. The summed E-state index contributed by atoms with van der Waals surface area (Å²) in [7, 11) is 4.14. The molecule has 0 spiro atoms. The van der Waals surface area contributed by atoms with Crippen LogP contribution in [0.3, 0.4) is 0 Å². The minimum absolute atomic E-state index is 0.435. The monoisotopic (exact) mass is 278 g/mol. The van der Waals surface area contributed by atoms with Crippen LogP contribution in [-0.4, -0.2) is 48.9 Å². The van der Waals surface area contributed by atoms with Gasteiger partial charge in [0.1, 0.15) is 0 Å². The molecule has 20 heavy (non-hydrogen) atoms. The molecular formula is C15H26N4O. The number of rotatable bonds is 7. The van der Waals surface area contributed by atoms with Crippen molar-refractivity contribution in [2.75, 3.05) is 32.9 Å². The van der Waals surface area contributed by atoms with E-state index in [0.717, 1.165) is 25.2 Å². The standard InChI is InChI=1S/C15H26N4O/c1-5-19(11(2)9-18(3)4)10-13-7-6-12(15(17)20)8-14(13)16/h6-8,11H,5,9-10,16H2,1-4H3,(H2,17,20). The maximum Gasteiger partial charge on any atom is 0.248 e. The molecule has 112 valence electrons. The Morgan fingerprint density at radius 1 is 1.35 bits per heavy atom. The Morgan fingerprint density at radius 2 is 2.00 bits per heavy atom. The molecule has 0 aliphatic rings. The Bertz CT molecular complexity index is 459. The maximum absolute atomic E-state index is 11.1. The van der Waals surface area contributed by atoms with E-state index in [1.54, 1.807) is 12.1 Å². The number of nitrogens with two attached hydrogens (primary N) is 2. The highest BCUT2D eigenvalue weighted by Gasteiger charge is 2.15. The van der Waals surface area contributed by atoms with E-state index >= 15 is 0 Å². The van der Waals surface area contributed by atoms with Gasteiger partial charge in [-0.1, -0.05) is 13.0 Å². The number of nitrogens with zero attached hydrogens (tertiary/aromatic N) is 2. The van der Waals surface area contributed by atoms with Gasteiger partial charge in [0, 0.05) is 30.4 Å². The molecule has 0 saturated carbocycles. The van der Waals surface area contributed by atoms with E-state index in [-0.39, 0.29) is 0 Å². The van der Waals surface area contributed by atoms with Crippen molar-refractivity contribution in [3.8, 4) is 0 Å². The van der Waals surface area contributed by atoms with Gasteiger partial charge in [-0.25, -0.2) is 0 Å². The van der Waals surface area contributed by atoms with Gasteiger partial charge in [0.05, 0.1) is 0 Å². The van der Waals surface area contributed by atoms with Crippen molar-refractivity contribution in [3.63, 3.8) is 0 Å². The number of primary amides is 1. The number of nitrogen functional groups attached to an aromatic ring is 1. The zero-order valence-corrected chi connectivity index (χ0v) is 12.9. The summed E-state index contributed by atoms with van der Waals surface area (Å²) in [5.74, 6) is -0.448. The Morgan fingerprint density at radius 3 is 2.45 bits per heavy atom. The summed E-state index contributed by atoms with van der Waals surface area (Å²) in [6, 6.07) is 5.71. The molecule has 5 heteroatoms. The lowest BCUT2D eigenvalue weighted by Gasteiger charge is -2.30. The summed E-state index contributed by atoms with van der Waals surface area (Å²) in [6.07, 6.45) is 0. The second-order valence-corrected chi connectivity index (χ2v) is 5.45. The fraction of sp³-hybridized carbons (Fsp3) is 0.533. The summed E-state index contributed by atoms with van der Waals surface area (Å²) in [5.41, 5.74) is 13.4. The second kappa shape index (κ2) is 7.26. The number of hydrogen-bond donors (Lipinski definition) is 2. The third-order valence-electron chi connectivity index (χ3n) is 3.46. The lowest BCUT2D eigenvalue weighted by molar-refractivity contribution is 0.100. The van der Waals surface area contributed by atoms with Gasteiger partial charge in [-0.05, 0) is 45.3 Å². The summed E-state index contributed by atoms with van der Waals surface area (Å²) >= 11 is 0. The van der Waals surface area contributed by atoms with Crippen molar-refractivity contribution >= 4 is 11.6 Å². The predicted molar refractivity (Wildman–Crippen MR) is 83.5 cm³/mol. The molecular weight excluding hydrogens is 252 g/mol. The van der Waals surface area contributed by atoms with Gasteiger partial charge < -0.3 is 16.4 Å². The van der Waals surface area contributed by atoms with Crippen LogP contribution in [0.4, 0.5) is 5.69 Å². The van der Waals surface area contributed by atoms with Gasteiger partial charge in [0.25, 0.3) is 0 Å². The Labute approximate surface area is 121 Å². The highest BCUT2D eigenvalue weighted by Crippen LogP contribution is 2.17. The minimum Gasteiger partial charge on any atom is -0.398 e. The SMILES string of the molecule is CCN(Cc1ccc(C(N)=O)cc1N)C(C)CN(C)C. The average Bonchev–Trinajstić information content (AvgIpc) is 2.36. The Balaban J connectivity index is 2.82. The number of anilines is 1. The number of likely N-dealkylation sites (N-methyl/N-ethyl adjacent to an activating group) is 2. The molecule has 0 fully saturated rings. The third kappa shape index (κ3) is 4.51. The van der Waals surface area contributed by atoms with Gasteiger partial charge >= 0.3 is 0 Å². The largest absolute Gasteiger partial charge is 0.398 e. The van der Waals surface area contributed by atoms with Crippen LogP contribution in [-0.2, 0) is 6.54 Å². The van der Waals surface area contributed by atoms with E-state index in [0.29, 0.717) is 17.3 Å². The molecule has 4 N–H and O–H groups in total.